The molecule has 6 nitrogen and oxygen atoms in total. The summed E-state index contributed by atoms with van der Waals surface area (Å²) in [6, 6.07) is 5.44. The summed E-state index contributed by atoms with van der Waals surface area (Å²) >= 11 is 5.98. The molecule has 24 heavy (non-hydrogen) atoms. The Morgan fingerprint density at radius 1 is 1.33 bits per heavy atom. The number of nitrogens with one attached hydrogen (secondary N) is 1. The summed E-state index contributed by atoms with van der Waals surface area (Å²) in [4.78, 5) is 14.0. The van der Waals surface area contributed by atoms with Gasteiger partial charge in [-0.05, 0) is 30.7 Å². The Hall–Kier alpha value is -1.50. The van der Waals surface area contributed by atoms with Crippen molar-refractivity contribution in [2.75, 3.05) is 39.5 Å². The first-order valence-corrected chi connectivity index (χ1v) is 8.65. The maximum atomic E-state index is 12.2. The van der Waals surface area contributed by atoms with Crippen LogP contribution in [0, 0.1) is 6.92 Å². The number of carbonyl (C=O) groups is 1. The summed E-state index contributed by atoms with van der Waals surface area (Å²) in [7, 11) is 0. The zero-order chi connectivity index (χ0) is 17.0. The Labute approximate surface area is 147 Å². The molecule has 132 valence electrons. The van der Waals surface area contributed by atoms with Crippen molar-refractivity contribution in [2.24, 2.45) is 0 Å². The number of piperidine rings is 1. The fraction of sp³-hybridized carbons (Fsp3) is 0.588. The van der Waals surface area contributed by atoms with Gasteiger partial charge in [0.05, 0.1) is 19.8 Å². The zero-order valence-electron chi connectivity index (χ0n) is 13.8. The normalized spacial score (nSPS) is 19.5. The number of aryl methyl sites for hydroxylation is 1. The summed E-state index contributed by atoms with van der Waals surface area (Å²) < 4.78 is 17.0. The van der Waals surface area contributed by atoms with E-state index in [0.29, 0.717) is 44.5 Å². The lowest BCUT2D eigenvalue weighted by molar-refractivity contribution is -0.181. The van der Waals surface area contributed by atoms with E-state index in [9.17, 15) is 4.79 Å². The lowest BCUT2D eigenvalue weighted by Gasteiger charge is -2.37. The molecule has 0 aromatic heterocycles. The van der Waals surface area contributed by atoms with E-state index in [0.717, 1.165) is 24.2 Å². The highest BCUT2D eigenvalue weighted by molar-refractivity contribution is 6.31. The molecule has 0 unspecified atom stereocenters. The first-order chi connectivity index (χ1) is 11.6. The van der Waals surface area contributed by atoms with Crippen LogP contribution in [0.4, 0.5) is 4.79 Å². The standard InChI is InChI=1S/C17H23ClN2O4/c1-13-12-14(2-3-15(13)18)22-9-6-19-16(21)20-7-4-17(5-8-20)23-10-11-24-17/h2-3,12H,4-11H2,1H3,(H,19,21). The smallest absolute Gasteiger partial charge is 0.317 e. The van der Waals surface area contributed by atoms with Gasteiger partial charge in [-0.15, -0.1) is 0 Å². The number of ether oxygens (including phenoxy) is 3. The van der Waals surface area contributed by atoms with E-state index in [1.807, 2.05) is 25.1 Å². The van der Waals surface area contributed by atoms with Gasteiger partial charge in [0.25, 0.3) is 0 Å². The van der Waals surface area contributed by atoms with Crippen molar-refractivity contribution in [3.63, 3.8) is 0 Å². The van der Waals surface area contributed by atoms with Gasteiger partial charge in [-0.25, -0.2) is 4.79 Å². The van der Waals surface area contributed by atoms with E-state index in [4.69, 9.17) is 25.8 Å². The number of halogens is 1. The lowest BCUT2D eigenvalue weighted by Crippen LogP contribution is -2.50. The van der Waals surface area contributed by atoms with Crippen LogP contribution in [0.3, 0.4) is 0 Å². The number of amides is 2. The second kappa shape index (κ2) is 7.59. The van der Waals surface area contributed by atoms with Crippen LogP contribution >= 0.6 is 11.6 Å². The number of nitrogens with zero attached hydrogens (tertiary/aromatic N) is 1. The highest BCUT2D eigenvalue weighted by atomic mass is 35.5. The highest BCUT2D eigenvalue weighted by Crippen LogP contribution is 2.31. The van der Waals surface area contributed by atoms with E-state index >= 15 is 0 Å². The van der Waals surface area contributed by atoms with Crippen LogP contribution in [0.25, 0.3) is 0 Å². The maximum absolute atomic E-state index is 12.2. The van der Waals surface area contributed by atoms with Crippen molar-refractivity contribution in [3.05, 3.63) is 28.8 Å². The summed E-state index contributed by atoms with van der Waals surface area (Å²) in [5.74, 6) is 0.299. The summed E-state index contributed by atoms with van der Waals surface area (Å²) in [6.07, 6.45) is 1.45. The summed E-state index contributed by atoms with van der Waals surface area (Å²) in [6.45, 7) is 5.37. The maximum Gasteiger partial charge on any atom is 0.317 e. The van der Waals surface area contributed by atoms with Crippen LogP contribution in [0.1, 0.15) is 18.4 Å². The molecule has 2 saturated heterocycles. The van der Waals surface area contributed by atoms with Crippen molar-refractivity contribution in [2.45, 2.75) is 25.6 Å². The fourth-order valence-corrected chi connectivity index (χ4v) is 3.10. The quantitative estimate of drug-likeness (QED) is 0.844. The Balaban J connectivity index is 1.36. The molecule has 7 heteroatoms. The van der Waals surface area contributed by atoms with Crippen LogP contribution in [-0.4, -0.2) is 56.2 Å². The molecule has 1 spiro atoms. The topological polar surface area (TPSA) is 60.0 Å². The van der Waals surface area contributed by atoms with Crippen molar-refractivity contribution in [1.82, 2.24) is 10.2 Å². The molecule has 0 aliphatic carbocycles. The molecule has 0 radical (unpaired) electrons. The van der Waals surface area contributed by atoms with Crippen molar-refractivity contribution >= 4 is 17.6 Å². The molecule has 3 rings (SSSR count). The molecule has 2 heterocycles. The molecule has 0 saturated carbocycles. The molecular weight excluding hydrogens is 332 g/mol. The largest absolute Gasteiger partial charge is 0.492 e. The van der Waals surface area contributed by atoms with Gasteiger partial charge in [0.2, 0.25) is 0 Å². The monoisotopic (exact) mass is 354 g/mol. The Bertz CT molecular complexity index is 580. The van der Waals surface area contributed by atoms with Crippen molar-refractivity contribution < 1.29 is 19.0 Å². The van der Waals surface area contributed by atoms with Gasteiger partial charge in [-0.1, -0.05) is 11.6 Å². The predicted molar refractivity (Wildman–Crippen MR) is 90.5 cm³/mol. The van der Waals surface area contributed by atoms with Crippen molar-refractivity contribution in [1.29, 1.82) is 0 Å². The van der Waals surface area contributed by atoms with E-state index in [-0.39, 0.29) is 6.03 Å². The third-order valence-electron chi connectivity index (χ3n) is 4.40. The molecule has 1 N–H and O–H groups in total. The van der Waals surface area contributed by atoms with Gasteiger partial charge < -0.3 is 24.4 Å². The lowest BCUT2D eigenvalue weighted by atomic mass is 10.0. The number of benzene rings is 1. The van der Waals surface area contributed by atoms with E-state index in [1.54, 1.807) is 4.90 Å². The second-order valence-electron chi connectivity index (χ2n) is 6.09. The predicted octanol–water partition coefficient (Wildman–Crippen LogP) is 2.58. The number of hydrogen-bond donors (Lipinski definition) is 1. The zero-order valence-corrected chi connectivity index (χ0v) is 14.6. The van der Waals surface area contributed by atoms with Crippen LogP contribution < -0.4 is 10.1 Å². The minimum Gasteiger partial charge on any atom is -0.492 e. The number of carbonyl (C=O) groups excluding carboxylic acids is 1. The minimum atomic E-state index is -0.452. The SMILES string of the molecule is Cc1cc(OCCNC(=O)N2CCC3(CC2)OCCO3)ccc1Cl. The fourth-order valence-electron chi connectivity index (χ4n) is 2.98. The van der Waals surface area contributed by atoms with Gasteiger partial charge in [-0.3, -0.25) is 0 Å². The molecule has 1 aromatic carbocycles. The molecule has 2 fully saturated rings. The molecule has 0 atom stereocenters. The Morgan fingerprint density at radius 2 is 2.04 bits per heavy atom. The average Bonchev–Trinajstić information content (AvgIpc) is 3.03. The van der Waals surface area contributed by atoms with Gasteiger partial charge >= 0.3 is 6.03 Å². The molecule has 2 aliphatic rings. The first-order valence-electron chi connectivity index (χ1n) is 8.28. The molecular formula is C17H23ClN2O4. The van der Waals surface area contributed by atoms with Crippen LogP contribution in [0.5, 0.6) is 5.75 Å². The number of urea groups is 1. The number of rotatable bonds is 4. The Kier molecular flexibility index (Phi) is 5.48. The molecule has 2 amide bonds. The first kappa shape index (κ1) is 17.3. The Morgan fingerprint density at radius 3 is 2.71 bits per heavy atom. The van der Waals surface area contributed by atoms with Gasteiger partial charge in [0.15, 0.2) is 5.79 Å². The third-order valence-corrected chi connectivity index (χ3v) is 4.83. The third kappa shape index (κ3) is 4.12. The number of hydrogen-bond acceptors (Lipinski definition) is 4. The van der Waals surface area contributed by atoms with Crippen LogP contribution in [0.15, 0.2) is 18.2 Å². The number of likely N-dealkylation sites (tertiary alicyclic amines) is 1. The van der Waals surface area contributed by atoms with Gasteiger partial charge in [-0.2, -0.15) is 0 Å². The second-order valence-corrected chi connectivity index (χ2v) is 6.49. The van der Waals surface area contributed by atoms with Crippen LogP contribution in [-0.2, 0) is 9.47 Å². The molecule has 2 aliphatic heterocycles. The van der Waals surface area contributed by atoms with Gasteiger partial charge in [0, 0.05) is 31.0 Å². The molecule has 1 aromatic rings. The van der Waals surface area contributed by atoms with Gasteiger partial charge in [0.1, 0.15) is 12.4 Å². The highest BCUT2D eigenvalue weighted by Gasteiger charge is 2.40. The average molecular weight is 355 g/mol. The van der Waals surface area contributed by atoms with E-state index in [2.05, 4.69) is 5.32 Å². The van der Waals surface area contributed by atoms with Crippen LogP contribution in [0.2, 0.25) is 5.02 Å². The van der Waals surface area contributed by atoms with E-state index in [1.165, 1.54) is 0 Å². The molecule has 0 bridgehead atoms. The summed E-state index contributed by atoms with van der Waals surface area (Å²) in [5.41, 5.74) is 0.969. The van der Waals surface area contributed by atoms with E-state index < -0.39 is 5.79 Å². The minimum absolute atomic E-state index is 0.0706. The summed E-state index contributed by atoms with van der Waals surface area (Å²) in [5, 5.41) is 3.60. The van der Waals surface area contributed by atoms with Crippen molar-refractivity contribution in [3.8, 4) is 5.75 Å².